The Morgan fingerprint density at radius 2 is 1.88 bits per heavy atom. The summed E-state index contributed by atoms with van der Waals surface area (Å²) in [7, 11) is 0. The molecule has 0 amide bonds. The third-order valence-electron chi connectivity index (χ3n) is 4.35. The van der Waals surface area contributed by atoms with Crippen LogP contribution in [0.2, 0.25) is 0 Å². The predicted octanol–water partition coefficient (Wildman–Crippen LogP) is 2.89. The molecule has 2 aliphatic carbocycles. The van der Waals surface area contributed by atoms with Gasteiger partial charge in [-0.25, -0.2) is 0 Å². The Morgan fingerprint density at radius 3 is 2.35 bits per heavy atom. The van der Waals surface area contributed by atoms with Crippen molar-refractivity contribution < 1.29 is 9.90 Å². The molecule has 17 heavy (non-hydrogen) atoms. The molecule has 1 N–H and O–H groups in total. The van der Waals surface area contributed by atoms with Gasteiger partial charge >= 0.3 is 0 Å². The Balaban J connectivity index is 1.78. The predicted molar refractivity (Wildman–Crippen MR) is 65.8 cm³/mol. The first-order valence-corrected chi connectivity index (χ1v) is 6.52. The van der Waals surface area contributed by atoms with Gasteiger partial charge in [0.1, 0.15) is 5.78 Å². The largest absolute Gasteiger partial charge is 0.385 e. The number of rotatable bonds is 2. The lowest BCUT2D eigenvalue weighted by molar-refractivity contribution is -0.117. The lowest BCUT2D eigenvalue weighted by atomic mass is 9.75. The number of hydrogen-bond acceptors (Lipinski definition) is 2. The maximum atomic E-state index is 11.3. The molecule has 0 aromatic heterocycles. The van der Waals surface area contributed by atoms with E-state index in [1.807, 2.05) is 12.1 Å². The number of carbonyl (C=O) groups is 1. The molecule has 0 bridgehead atoms. The van der Waals surface area contributed by atoms with Crippen LogP contribution in [0, 0.1) is 0 Å². The molecule has 3 rings (SSSR count). The molecule has 2 heteroatoms. The molecule has 1 atom stereocenters. The fourth-order valence-corrected chi connectivity index (χ4v) is 2.96. The van der Waals surface area contributed by atoms with Gasteiger partial charge in [0, 0.05) is 12.8 Å². The van der Waals surface area contributed by atoms with Crippen LogP contribution in [0.3, 0.4) is 0 Å². The van der Waals surface area contributed by atoms with Crippen molar-refractivity contribution in [3.05, 3.63) is 35.4 Å². The second-order valence-electron chi connectivity index (χ2n) is 5.49. The number of hydrogen-bond donors (Lipinski definition) is 1. The average molecular weight is 230 g/mol. The summed E-state index contributed by atoms with van der Waals surface area (Å²) < 4.78 is 0. The van der Waals surface area contributed by atoms with Gasteiger partial charge in [-0.3, -0.25) is 4.79 Å². The van der Waals surface area contributed by atoms with E-state index in [0.29, 0.717) is 18.1 Å². The lowest BCUT2D eigenvalue weighted by Gasteiger charge is -2.37. The van der Waals surface area contributed by atoms with E-state index in [9.17, 15) is 9.90 Å². The van der Waals surface area contributed by atoms with Crippen molar-refractivity contribution in [2.75, 3.05) is 0 Å². The Labute approximate surface area is 102 Å². The summed E-state index contributed by atoms with van der Waals surface area (Å²) in [6, 6.07) is 8.26. The molecular formula is C15H18O2. The van der Waals surface area contributed by atoms with Crippen molar-refractivity contribution in [2.24, 2.45) is 0 Å². The average Bonchev–Trinajstić information content (AvgIpc) is 2.73. The zero-order valence-electron chi connectivity index (χ0n) is 9.98. The van der Waals surface area contributed by atoms with Crippen LogP contribution in [-0.4, -0.2) is 10.9 Å². The minimum Gasteiger partial charge on any atom is -0.385 e. The molecule has 2 fully saturated rings. The maximum Gasteiger partial charge on any atom is 0.133 e. The van der Waals surface area contributed by atoms with Gasteiger partial charge in [-0.2, -0.15) is 0 Å². The van der Waals surface area contributed by atoms with Crippen molar-refractivity contribution in [3.8, 4) is 0 Å². The van der Waals surface area contributed by atoms with Gasteiger partial charge in [-0.05, 0) is 42.7 Å². The Hall–Kier alpha value is -1.15. The first-order chi connectivity index (χ1) is 8.17. The van der Waals surface area contributed by atoms with E-state index in [4.69, 9.17) is 0 Å². The third kappa shape index (κ3) is 1.91. The Bertz CT molecular complexity index is 429. The summed E-state index contributed by atoms with van der Waals surface area (Å²) >= 11 is 0. The number of ketones is 1. The first-order valence-electron chi connectivity index (χ1n) is 6.52. The fourth-order valence-electron chi connectivity index (χ4n) is 2.96. The highest BCUT2D eigenvalue weighted by molar-refractivity contribution is 5.81. The number of Topliss-reactive ketones (excluding diaryl/α,β-unsaturated/α-hetero) is 1. The van der Waals surface area contributed by atoms with E-state index in [1.54, 1.807) is 0 Å². The zero-order valence-corrected chi connectivity index (χ0v) is 9.98. The van der Waals surface area contributed by atoms with Crippen LogP contribution in [0.15, 0.2) is 24.3 Å². The van der Waals surface area contributed by atoms with Gasteiger partial charge < -0.3 is 5.11 Å². The molecule has 2 aliphatic rings. The van der Waals surface area contributed by atoms with Gasteiger partial charge in [0.15, 0.2) is 0 Å². The van der Waals surface area contributed by atoms with E-state index in [1.165, 1.54) is 5.56 Å². The highest BCUT2D eigenvalue weighted by Gasteiger charge is 2.36. The van der Waals surface area contributed by atoms with Gasteiger partial charge in [0.2, 0.25) is 0 Å². The fraction of sp³-hybridized carbons (Fsp3) is 0.533. The third-order valence-corrected chi connectivity index (χ3v) is 4.35. The molecule has 0 aliphatic heterocycles. The van der Waals surface area contributed by atoms with Crippen LogP contribution < -0.4 is 0 Å². The van der Waals surface area contributed by atoms with Crippen molar-refractivity contribution in [3.63, 3.8) is 0 Å². The number of aliphatic hydroxyl groups is 1. The van der Waals surface area contributed by atoms with Gasteiger partial charge in [0.25, 0.3) is 0 Å². The molecule has 0 heterocycles. The van der Waals surface area contributed by atoms with Crippen LogP contribution in [-0.2, 0) is 10.4 Å². The SMILES string of the molecule is O=C1CCC(c2ccc(C3(O)CCC3)cc2)C1. The molecule has 0 spiro atoms. The molecule has 1 aromatic carbocycles. The van der Waals surface area contributed by atoms with E-state index >= 15 is 0 Å². The molecule has 2 saturated carbocycles. The van der Waals surface area contributed by atoms with Crippen LogP contribution in [0.25, 0.3) is 0 Å². The second kappa shape index (κ2) is 3.95. The van der Waals surface area contributed by atoms with Crippen LogP contribution >= 0.6 is 0 Å². The molecule has 0 saturated heterocycles. The van der Waals surface area contributed by atoms with Crippen LogP contribution in [0.4, 0.5) is 0 Å². The van der Waals surface area contributed by atoms with Gasteiger partial charge in [-0.1, -0.05) is 24.3 Å². The van der Waals surface area contributed by atoms with Gasteiger partial charge in [0.05, 0.1) is 5.60 Å². The minimum atomic E-state index is -0.565. The summed E-state index contributed by atoms with van der Waals surface area (Å²) in [6.45, 7) is 0. The topological polar surface area (TPSA) is 37.3 Å². The van der Waals surface area contributed by atoms with E-state index in [0.717, 1.165) is 37.7 Å². The van der Waals surface area contributed by atoms with Crippen molar-refractivity contribution in [1.82, 2.24) is 0 Å². The summed E-state index contributed by atoms with van der Waals surface area (Å²) in [4.78, 5) is 11.3. The number of benzene rings is 1. The van der Waals surface area contributed by atoms with Gasteiger partial charge in [-0.15, -0.1) is 0 Å². The standard InChI is InChI=1S/C15H18O2/c16-14-7-4-12(10-14)11-2-5-13(6-3-11)15(17)8-1-9-15/h2-3,5-6,12,17H,1,4,7-10H2. The molecule has 1 aromatic rings. The summed E-state index contributed by atoms with van der Waals surface area (Å²) in [6.07, 6.45) is 5.31. The Kier molecular flexibility index (Phi) is 2.55. The van der Waals surface area contributed by atoms with Crippen molar-refractivity contribution in [1.29, 1.82) is 0 Å². The van der Waals surface area contributed by atoms with E-state index in [2.05, 4.69) is 12.1 Å². The molecular weight excluding hydrogens is 212 g/mol. The van der Waals surface area contributed by atoms with Crippen molar-refractivity contribution >= 4 is 5.78 Å². The maximum absolute atomic E-state index is 11.3. The summed E-state index contributed by atoms with van der Waals surface area (Å²) in [5.41, 5.74) is 1.73. The highest BCUT2D eigenvalue weighted by atomic mass is 16.3. The van der Waals surface area contributed by atoms with Crippen LogP contribution in [0.5, 0.6) is 0 Å². The minimum absolute atomic E-state index is 0.386. The summed E-state index contributed by atoms with van der Waals surface area (Å²) in [5, 5.41) is 10.2. The lowest BCUT2D eigenvalue weighted by Crippen LogP contribution is -2.33. The quantitative estimate of drug-likeness (QED) is 0.848. The highest BCUT2D eigenvalue weighted by Crippen LogP contribution is 2.41. The second-order valence-corrected chi connectivity index (χ2v) is 5.49. The number of carbonyl (C=O) groups excluding carboxylic acids is 1. The molecule has 2 nitrogen and oxygen atoms in total. The molecule has 0 radical (unpaired) electrons. The summed E-state index contributed by atoms with van der Waals surface area (Å²) in [5.74, 6) is 0.796. The smallest absolute Gasteiger partial charge is 0.133 e. The van der Waals surface area contributed by atoms with Crippen LogP contribution in [0.1, 0.15) is 55.6 Å². The van der Waals surface area contributed by atoms with E-state index < -0.39 is 5.60 Å². The first kappa shape index (κ1) is 11.0. The molecule has 1 unspecified atom stereocenters. The normalized spacial score (nSPS) is 26.9. The molecule has 90 valence electrons. The van der Waals surface area contributed by atoms with E-state index in [-0.39, 0.29) is 0 Å². The van der Waals surface area contributed by atoms with Crippen molar-refractivity contribution in [2.45, 2.75) is 50.0 Å². The zero-order chi connectivity index (χ0) is 11.9. The Morgan fingerprint density at radius 1 is 1.18 bits per heavy atom. The monoisotopic (exact) mass is 230 g/mol.